The zero-order valence-electron chi connectivity index (χ0n) is 20.4. The molecule has 3 amide bonds. The zero-order valence-corrected chi connectivity index (χ0v) is 20.4. The van der Waals surface area contributed by atoms with Crippen LogP contribution in [0.15, 0.2) is 48.8 Å². The van der Waals surface area contributed by atoms with Crippen molar-refractivity contribution in [3.63, 3.8) is 0 Å². The van der Waals surface area contributed by atoms with E-state index in [0.717, 1.165) is 36.0 Å². The summed E-state index contributed by atoms with van der Waals surface area (Å²) in [6.45, 7) is 3.51. The molecule has 0 saturated carbocycles. The molecule has 0 bridgehead atoms. The number of piperidine rings is 1. The number of benzene rings is 1. The van der Waals surface area contributed by atoms with Gasteiger partial charge in [-0.25, -0.2) is 0 Å². The highest BCUT2D eigenvalue weighted by atomic mass is 16.2. The normalized spacial score (nSPS) is 23.1. The third-order valence-electron chi connectivity index (χ3n) is 7.19. The average Bonchev–Trinajstić information content (AvgIpc) is 3.07. The Kier molecular flexibility index (Phi) is 7.12. The number of amides is 3. The van der Waals surface area contributed by atoms with Crippen molar-refractivity contribution in [1.29, 1.82) is 0 Å². The number of aryl methyl sites for hydroxylation is 1. The molecule has 1 aromatic carbocycles. The second-order valence-electron chi connectivity index (χ2n) is 9.79. The number of carbonyl (C=O) groups is 3. The minimum atomic E-state index is -1.16. The van der Waals surface area contributed by atoms with Crippen LogP contribution in [-0.2, 0) is 19.8 Å². The molecule has 0 aliphatic carbocycles. The summed E-state index contributed by atoms with van der Waals surface area (Å²) < 4.78 is 0. The predicted molar refractivity (Wildman–Crippen MR) is 130 cm³/mol. The summed E-state index contributed by atoms with van der Waals surface area (Å²) in [5, 5.41) is 0. The number of likely N-dealkylation sites (N-methyl/N-ethyl adjacent to an activating group) is 1. The first-order valence-electron chi connectivity index (χ1n) is 12.1. The van der Waals surface area contributed by atoms with E-state index in [1.54, 1.807) is 6.20 Å². The van der Waals surface area contributed by atoms with Crippen LogP contribution < -0.4 is 0 Å². The summed E-state index contributed by atoms with van der Waals surface area (Å²) in [4.78, 5) is 50.3. The van der Waals surface area contributed by atoms with Gasteiger partial charge in [0.15, 0.2) is 0 Å². The summed E-state index contributed by atoms with van der Waals surface area (Å²) in [5.74, 6) is -0.533. The largest absolute Gasteiger partial charge is 0.336 e. The van der Waals surface area contributed by atoms with Gasteiger partial charge in [0.05, 0.1) is 11.5 Å². The van der Waals surface area contributed by atoms with Crippen molar-refractivity contribution in [2.75, 3.05) is 33.7 Å². The lowest BCUT2D eigenvalue weighted by Crippen LogP contribution is -2.46. The zero-order chi connectivity index (χ0) is 24.3. The minimum Gasteiger partial charge on any atom is -0.336 e. The molecule has 2 saturated heterocycles. The number of hydrogen-bond donors (Lipinski definition) is 0. The van der Waals surface area contributed by atoms with Gasteiger partial charge in [-0.15, -0.1) is 0 Å². The number of hydrogen-bond acceptors (Lipinski definition) is 5. The van der Waals surface area contributed by atoms with Gasteiger partial charge in [0, 0.05) is 44.9 Å². The Labute approximate surface area is 201 Å². The van der Waals surface area contributed by atoms with Crippen LogP contribution in [0, 0.1) is 6.92 Å². The van der Waals surface area contributed by atoms with Crippen LogP contribution in [0.3, 0.4) is 0 Å². The standard InChI is InChI=1S/C27H34N4O3/c1-20-9-4-5-11-22(20)27(18-25(33)31(26(27)34)16-15-29(2)3)17-24(32)30-14-7-6-12-23(30)21-10-8-13-28-19-21/h4-5,8-11,13,19,23H,6-7,12,14-18H2,1-3H3/t23-,27-/m1/s1. The van der Waals surface area contributed by atoms with Crippen molar-refractivity contribution in [2.45, 2.75) is 50.5 Å². The van der Waals surface area contributed by atoms with E-state index in [9.17, 15) is 14.4 Å². The molecule has 0 radical (unpaired) electrons. The summed E-state index contributed by atoms with van der Waals surface area (Å²) in [6, 6.07) is 11.5. The number of aromatic nitrogens is 1. The molecule has 0 N–H and O–H groups in total. The molecule has 4 rings (SSSR count). The highest BCUT2D eigenvalue weighted by Crippen LogP contribution is 2.43. The fraction of sp³-hybridized carbons (Fsp3) is 0.481. The predicted octanol–water partition coefficient (Wildman–Crippen LogP) is 3.09. The van der Waals surface area contributed by atoms with E-state index in [1.165, 1.54) is 4.90 Å². The Morgan fingerprint density at radius 1 is 1.15 bits per heavy atom. The molecular weight excluding hydrogens is 428 g/mol. The number of likely N-dealkylation sites (tertiary alicyclic amines) is 2. The molecule has 2 fully saturated rings. The number of nitrogens with zero attached hydrogens (tertiary/aromatic N) is 4. The molecule has 34 heavy (non-hydrogen) atoms. The molecular formula is C27H34N4O3. The van der Waals surface area contributed by atoms with Gasteiger partial charge in [0.25, 0.3) is 0 Å². The van der Waals surface area contributed by atoms with Crippen LogP contribution in [0.1, 0.15) is 54.8 Å². The second kappa shape index (κ2) is 10.1. The van der Waals surface area contributed by atoms with Gasteiger partial charge in [0.1, 0.15) is 0 Å². The third-order valence-corrected chi connectivity index (χ3v) is 7.19. The van der Waals surface area contributed by atoms with Gasteiger partial charge in [-0.3, -0.25) is 24.3 Å². The fourth-order valence-corrected chi connectivity index (χ4v) is 5.39. The highest BCUT2D eigenvalue weighted by molar-refractivity contribution is 6.11. The van der Waals surface area contributed by atoms with Crippen LogP contribution in [0.4, 0.5) is 0 Å². The lowest BCUT2D eigenvalue weighted by molar-refractivity contribution is -0.144. The van der Waals surface area contributed by atoms with Gasteiger partial charge < -0.3 is 9.80 Å². The molecule has 7 nitrogen and oxygen atoms in total. The van der Waals surface area contributed by atoms with E-state index in [1.807, 2.05) is 73.4 Å². The first-order valence-corrected chi connectivity index (χ1v) is 12.1. The molecule has 2 atom stereocenters. The first kappa shape index (κ1) is 24.1. The summed E-state index contributed by atoms with van der Waals surface area (Å²) in [5.41, 5.74) is 1.56. The maximum atomic E-state index is 13.9. The van der Waals surface area contributed by atoms with E-state index in [2.05, 4.69) is 4.98 Å². The Morgan fingerprint density at radius 3 is 2.65 bits per heavy atom. The van der Waals surface area contributed by atoms with Crippen molar-refractivity contribution >= 4 is 17.7 Å². The molecule has 1 aromatic heterocycles. The SMILES string of the molecule is Cc1ccccc1[C@@]1(CC(=O)N2CCCC[C@@H]2c2cccnc2)CC(=O)N(CCN(C)C)C1=O. The molecule has 0 unspecified atom stereocenters. The van der Waals surface area contributed by atoms with Crippen LogP contribution in [0.5, 0.6) is 0 Å². The third kappa shape index (κ3) is 4.62. The molecule has 3 heterocycles. The van der Waals surface area contributed by atoms with Gasteiger partial charge >= 0.3 is 0 Å². The van der Waals surface area contributed by atoms with E-state index in [0.29, 0.717) is 19.6 Å². The van der Waals surface area contributed by atoms with Crippen molar-refractivity contribution in [2.24, 2.45) is 0 Å². The van der Waals surface area contributed by atoms with E-state index in [4.69, 9.17) is 0 Å². The molecule has 180 valence electrons. The Bertz CT molecular complexity index is 1050. The average molecular weight is 463 g/mol. The van der Waals surface area contributed by atoms with Crippen LogP contribution in [0.2, 0.25) is 0 Å². The molecule has 2 aliphatic rings. The highest BCUT2D eigenvalue weighted by Gasteiger charge is 2.54. The van der Waals surface area contributed by atoms with Crippen molar-refractivity contribution in [3.8, 4) is 0 Å². The lowest BCUT2D eigenvalue weighted by atomic mass is 9.73. The Hall–Kier alpha value is -3.06. The van der Waals surface area contributed by atoms with E-state index >= 15 is 0 Å². The quantitative estimate of drug-likeness (QED) is 0.591. The van der Waals surface area contributed by atoms with Crippen molar-refractivity contribution in [3.05, 3.63) is 65.5 Å². The fourth-order valence-electron chi connectivity index (χ4n) is 5.39. The molecule has 7 heteroatoms. The smallest absolute Gasteiger partial charge is 0.240 e. The number of imide groups is 1. The first-order chi connectivity index (χ1) is 16.3. The second-order valence-corrected chi connectivity index (χ2v) is 9.79. The monoisotopic (exact) mass is 462 g/mol. The maximum absolute atomic E-state index is 13.9. The molecule has 0 spiro atoms. The molecule has 2 aliphatic heterocycles. The topological polar surface area (TPSA) is 73.8 Å². The van der Waals surface area contributed by atoms with E-state index < -0.39 is 5.41 Å². The van der Waals surface area contributed by atoms with Gasteiger partial charge in [-0.2, -0.15) is 0 Å². The van der Waals surface area contributed by atoms with E-state index in [-0.39, 0.29) is 36.6 Å². The van der Waals surface area contributed by atoms with Gasteiger partial charge in [-0.05, 0) is 63.0 Å². The molecule has 2 aromatic rings. The Balaban J connectivity index is 1.68. The lowest BCUT2D eigenvalue weighted by Gasteiger charge is -2.38. The maximum Gasteiger partial charge on any atom is 0.240 e. The minimum absolute atomic E-state index is 0.00233. The summed E-state index contributed by atoms with van der Waals surface area (Å²) >= 11 is 0. The van der Waals surface area contributed by atoms with Crippen molar-refractivity contribution < 1.29 is 14.4 Å². The van der Waals surface area contributed by atoms with Gasteiger partial charge in [0.2, 0.25) is 17.7 Å². The number of rotatable bonds is 7. The van der Waals surface area contributed by atoms with Crippen molar-refractivity contribution in [1.82, 2.24) is 19.7 Å². The van der Waals surface area contributed by atoms with Gasteiger partial charge in [-0.1, -0.05) is 30.3 Å². The van der Waals surface area contributed by atoms with Crippen LogP contribution >= 0.6 is 0 Å². The Morgan fingerprint density at radius 2 is 1.94 bits per heavy atom. The number of pyridine rings is 1. The summed E-state index contributed by atoms with van der Waals surface area (Å²) in [6.07, 6.45) is 6.43. The summed E-state index contributed by atoms with van der Waals surface area (Å²) in [7, 11) is 3.83. The van der Waals surface area contributed by atoms with Crippen LogP contribution in [0.25, 0.3) is 0 Å². The van der Waals surface area contributed by atoms with Crippen LogP contribution in [-0.4, -0.2) is 71.1 Å². The number of carbonyl (C=O) groups excluding carboxylic acids is 3.